The first-order valence-corrected chi connectivity index (χ1v) is 4.97. The summed E-state index contributed by atoms with van der Waals surface area (Å²) in [4.78, 5) is 0. The molecule has 0 saturated carbocycles. The van der Waals surface area contributed by atoms with E-state index in [-0.39, 0.29) is 5.60 Å². The van der Waals surface area contributed by atoms with Crippen molar-refractivity contribution in [3.8, 4) is 11.8 Å². The molecule has 3 nitrogen and oxygen atoms in total. The van der Waals surface area contributed by atoms with Crippen molar-refractivity contribution < 1.29 is 4.74 Å². The Morgan fingerprint density at radius 2 is 2.13 bits per heavy atom. The lowest BCUT2D eigenvalue weighted by Crippen LogP contribution is -2.27. The molecular weight excluding hydrogens is 188 g/mol. The summed E-state index contributed by atoms with van der Waals surface area (Å²) >= 11 is 0. The van der Waals surface area contributed by atoms with Crippen LogP contribution in [-0.2, 0) is 0 Å². The van der Waals surface area contributed by atoms with Crippen LogP contribution >= 0.6 is 0 Å². The molecule has 0 aliphatic heterocycles. The number of anilines is 1. The van der Waals surface area contributed by atoms with Crippen molar-refractivity contribution in [3.05, 3.63) is 23.8 Å². The third-order valence-corrected chi connectivity index (χ3v) is 2.36. The third kappa shape index (κ3) is 2.88. The standard InChI is InChI=1S/C12H16N2O/c1-4-12(2,3)15-11-6-5-10(14)7-9(11)8-13/h5-7H,4,14H2,1-3H3. The maximum Gasteiger partial charge on any atom is 0.138 e. The number of benzene rings is 1. The normalized spacial score (nSPS) is 10.8. The van der Waals surface area contributed by atoms with E-state index in [1.165, 1.54) is 0 Å². The van der Waals surface area contributed by atoms with E-state index in [0.717, 1.165) is 6.42 Å². The van der Waals surface area contributed by atoms with Crippen molar-refractivity contribution in [3.63, 3.8) is 0 Å². The summed E-state index contributed by atoms with van der Waals surface area (Å²) in [6.07, 6.45) is 0.877. The summed E-state index contributed by atoms with van der Waals surface area (Å²) in [5.74, 6) is 0.596. The van der Waals surface area contributed by atoms with Crippen molar-refractivity contribution >= 4 is 5.69 Å². The van der Waals surface area contributed by atoms with Crippen LogP contribution in [0.1, 0.15) is 32.8 Å². The predicted molar refractivity (Wildman–Crippen MR) is 60.6 cm³/mol. The van der Waals surface area contributed by atoms with Crippen LogP contribution in [0.25, 0.3) is 0 Å². The first-order valence-electron chi connectivity index (χ1n) is 4.97. The number of nitrogens with zero attached hydrogens (tertiary/aromatic N) is 1. The van der Waals surface area contributed by atoms with Crippen LogP contribution in [0.4, 0.5) is 5.69 Å². The zero-order valence-corrected chi connectivity index (χ0v) is 9.37. The SMILES string of the molecule is CCC(C)(C)Oc1ccc(N)cc1C#N. The lowest BCUT2D eigenvalue weighted by atomic mass is 10.1. The number of hydrogen-bond donors (Lipinski definition) is 1. The minimum Gasteiger partial charge on any atom is -0.486 e. The highest BCUT2D eigenvalue weighted by Crippen LogP contribution is 2.26. The lowest BCUT2D eigenvalue weighted by molar-refractivity contribution is 0.105. The molecule has 2 N–H and O–H groups in total. The molecule has 0 radical (unpaired) electrons. The molecule has 80 valence electrons. The smallest absolute Gasteiger partial charge is 0.138 e. The van der Waals surface area contributed by atoms with Crippen LogP contribution < -0.4 is 10.5 Å². The number of nitrogen functional groups attached to an aromatic ring is 1. The minimum absolute atomic E-state index is 0.262. The molecule has 0 bridgehead atoms. The van der Waals surface area contributed by atoms with Gasteiger partial charge in [0.2, 0.25) is 0 Å². The highest BCUT2D eigenvalue weighted by Gasteiger charge is 2.18. The largest absolute Gasteiger partial charge is 0.486 e. The predicted octanol–water partition coefficient (Wildman–Crippen LogP) is 2.71. The third-order valence-electron chi connectivity index (χ3n) is 2.36. The molecule has 0 spiro atoms. The number of nitriles is 1. The van der Waals surface area contributed by atoms with Crippen LogP contribution in [0.3, 0.4) is 0 Å². The minimum atomic E-state index is -0.262. The van der Waals surface area contributed by atoms with E-state index in [1.807, 2.05) is 20.8 Å². The van der Waals surface area contributed by atoms with Gasteiger partial charge < -0.3 is 10.5 Å². The van der Waals surface area contributed by atoms with Crippen LogP contribution in [0, 0.1) is 11.3 Å². The zero-order valence-electron chi connectivity index (χ0n) is 9.37. The van der Waals surface area contributed by atoms with Crippen molar-refractivity contribution in [1.29, 1.82) is 5.26 Å². The Balaban J connectivity index is 3.01. The van der Waals surface area contributed by atoms with Gasteiger partial charge in [-0.25, -0.2) is 0 Å². The molecule has 1 aromatic carbocycles. The highest BCUT2D eigenvalue weighted by atomic mass is 16.5. The molecule has 1 aromatic rings. The van der Waals surface area contributed by atoms with Crippen molar-refractivity contribution in [1.82, 2.24) is 0 Å². The summed E-state index contributed by atoms with van der Waals surface area (Å²) in [5, 5.41) is 8.93. The van der Waals surface area contributed by atoms with Gasteiger partial charge in [-0.2, -0.15) is 5.26 Å². The number of rotatable bonds is 3. The van der Waals surface area contributed by atoms with Gasteiger partial charge in [0.1, 0.15) is 17.4 Å². The van der Waals surface area contributed by atoms with Crippen molar-refractivity contribution in [2.75, 3.05) is 5.73 Å². The van der Waals surface area contributed by atoms with Crippen LogP contribution in [-0.4, -0.2) is 5.60 Å². The Labute approximate surface area is 90.5 Å². The van der Waals surface area contributed by atoms with E-state index in [2.05, 4.69) is 6.07 Å². The first kappa shape index (κ1) is 11.4. The van der Waals surface area contributed by atoms with E-state index in [4.69, 9.17) is 15.7 Å². The van der Waals surface area contributed by atoms with Crippen molar-refractivity contribution in [2.24, 2.45) is 0 Å². The quantitative estimate of drug-likeness (QED) is 0.770. The van der Waals surface area contributed by atoms with Gasteiger partial charge in [-0.3, -0.25) is 0 Å². The Kier molecular flexibility index (Phi) is 3.21. The van der Waals surface area contributed by atoms with Gasteiger partial charge in [-0.05, 0) is 38.5 Å². The van der Waals surface area contributed by atoms with Gasteiger partial charge >= 0.3 is 0 Å². The average molecular weight is 204 g/mol. The van der Waals surface area contributed by atoms with E-state index in [1.54, 1.807) is 18.2 Å². The Morgan fingerprint density at radius 3 is 2.67 bits per heavy atom. The molecule has 15 heavy (non-hydrogen) atoms. The van der Waals surface area contributed by atoms with Gasteiger partial charge in [-0.1, -0.05) is 6.92 Å². The van der Waals surface area contributed by atoms with Crippen molar-refractivity contribution in [2.45, 2.75) is 32.8 Å². The molecular formula is C12H16N2O. The molecule has 0 atom stereocenters. The molecule has 0 heterocycles. The molecule has 0 aliphatic rings. The summed E-state index contributed by atoms with van der Waals surface area (Å²) in [7, 11) is 0. The monoisotopic (exact) mass is 204 g/mol. The summed E-state index contributed by atoms with van der Waals surface area (Å²) in [6, 6.07) is 7.18. The van der Waals surface area contributed by atoms with E-state index in [0.29, 0.717) is 17.0 Å². The van der Waals surface area contributed by atoms with E-state index >= 15 is 0 Å². The number of ether oxygens (including phenoxy) is 1. The Hall–Kier alpha value is -1.69. The fraction of sp³-hybridized carbons (Fsp3) is 0.417. The number of nitrogens with two attached hydrogens (primary N) is 1. The van der Waals surface area contributed by atoms with Crippen LogP contribution in [0.2, 0.25) is 0 Å². The Morgan fingerprint density at radius 1 is 1.47 bits per heavy atom. The molecule has 1 rings (SSSR count). The van der Waals surface area contributed by atoms with E-state index < -0.39 is 0 Å². The fourth-order valence-electron chi connectivity index (χ4n) is 1.09. The fourth-order valence-corrected chi connectivity index (χ4v) is 1.09. The maximum atomic E-state index is 8.93. The van der Waals surface area contributed by atoms with E-state index in [9.17, 15) is 0 Å². The summed E-state index contributed by atoms with van der Waals surface area (Å²) < 4.78 is 5.75. The molecule has 3 heteroatoms. The maximum absolute atomic E-state index is 8.93. The molecule has 0 unspecified atom stereocenters. The van der Waals surface area contributed by atoms with Gasteiger partial charge in [0.05, 0.1) is 5.56 Å². The van der Waals surface area contributed by atoms with Gasteiger partial charge in [-0.15, -0.1) is 0 Å². The topological polar surface area (TPSA) is 59.0 Å². The molecule has 0 aromatic heterocycles. The lowest BCUT2D eigenvalue weighted by Gasteiger charge is -2.25. The van der Waals surface area contributed by atoms with Crippen LogP contribution in [0.15, 0.2) is 18.2 Å². The van der Waals surface area contributed by atoms with Crippen LogP contribution in [0.5, 0.6) is 5.75 Å². The molecule has 0 aliphatic carbocycles. The first-order chi connectivity index (χ1) is 6.98. The average Bonchev–Trinajstić information content (AvgIpc) is 2.20. The zero-order chi connectivity index (χ0) is 11.5. The molecule has 0 amide bonds. The number of hydrogen-bond acceptors (Lipinski definition) is 3. The highest BCUT2D eigenvalue weighted by molar-refractivity contribution is 5.53. The summed E-state index contributed by atoms with van der Waals surface area (Å²) in [6.45, 7) is 6.03. The molecule has 0 fully saturated rings. The second-order valence-electron chi connectivity index (χ2n) is 4.08. The van der Waals surface area contributed by atoms with Gasteiger partial charge in [0, 0.05) is 5.69 Å². The second-order valence-corrected chi connectivity index (χ2v) is 4.08. The Bertz CT molecular complexity index is 391. The summed E-state index contributed by atoms with van der Waals surface area (Å²) in [5.41, 5.74) is 6.39. The molecule has 0 saturated heterocycles. The van der Waals surface area contributed by atoms with Gasteiger partial charge in [0.15, 0.2) is 0 Å². The van der Waals surface area contributed by atoms with Gasteiger partial charge in [0.25, 0.3) is 0 Å². The second kappa shape index (κ2) is 4.22.